The number of halogens is 1. The van der Waals surface area contributed by atoms with E-state index in [0.717, 1.165) is 17.0 Å². The second-order valence-corrected chi connectivity index (χ2v) is 8.55. The molecule has 0 N–H and O–H groups in total. The van der Waals surface area contributed by atoms with Gasteiger partial charge in [-0.15, -0.1) is 0 Å². The zero-order valence-corrected chi connectivity index (χ0v) is 17.8. The molecule has 4 rings (SSSR count). The summed E-state index contributed by atoms with van der Waals surface area (Å²) in [4.78, 5) is 35.7. The van der Waals surface area contributed by atoms with Crippen LogP contribution in [0.4, 0.5) is 9.18 Å². The topological polar surface area (TPSA) is 56.8 Å². The minimum Gasteiger partial charge on any atom is -0.338 e. The molecule has 3 amide bonds. The van der Waals surface area contributed by atoms with E-state index in [4.69, 9.17) is 0 Å². The van der Waals surface area contributed by atoms with Gasteiger partial charge in [0.25, 0.3) is 5.91 Å². The first-order valence-electron chi connectivity index (χ1n) is 10.2. The molecule has 2 fully saturated rings. The van der Waals surface area contributed by atoms with E-state index in [1.54, 1.807) is 25.1 Å². The van der Waals surface area contributed by atoms with E-state index in [-0.39, 0.29) is 35.6 Å². The van der Waals surface area contributed by atoms with Crippen LogP contribution in [0.15, 0.2) is 36.4 Å². The summed E-state index contributed by atoms with van der Waals surface area (Å²) < 4.78 is 14.0. The van der Waals surface area contributed by atoms with Crippen molar-refractivity contribution in [2.45, 2.75) is 19.9 Å². The molecule has 0 bridgehead atoms. The van der Waals surface area contributed by atoms with Crippen LogP contribution in [0.3, 0.4) is 0 Å². The van der Waals surface area contributed by atoms with Gasteiger partial charge in [-0.2, -0.15) is 0 Å². The van der Waals surface area contributed by atoms with E-state index in [0.29, 0.717) is 25.2 Å². The molecule has 7 heteroatoms. The van der Waals surface area contributed by atoms with Crippen molar-refractivity contribution >= 4 is 11.9 Å². The number of carbonyl (C=O) groups excluding carboxylic acids is 2. The summed E-state index contributed by atoms with van der Waals surface area (Å²) in [6.45, 7) is 5.43. The summed E-state index contributed by atoms with van der Waals surface area (Å²) in [6.07, 6.45) is 0. The van der Waals surface area contributed by atoms with Crippen molar-refractivity contribution in [1.82, 2.24) is 19.7 Å². The van der Waals surface area contributed by atoms with Crippen molar-refractivity contribution < 1.29 is 14.0 Å². The number of amides is 3. The average molecular weight is 410 g/mol. The van der Waals surface area contributed by atoms with Crippen LogP contribution in [0.1, 0.15) is 33.4 Å². The molecular weight excluding hydrogens is 383 g/mol. The van der Waals surface area contributed by atoms with Crippen molar-refractivity contribution in [1.29, 1.82) is 0 Å². The Morgan fingerprint density at radius 3 is 2.53 bits per heavy atom. The molecule has 1 aromatic carbocycles. The summed E-state index contributed by atoms with van der Waals surface area (Å²) in [6, 6.07) is 9.79. The first kappa shape index (κ1) is 20.3. The van der Waals surface area contributed by atoms with Gasteiger partial charge in [-0.05, 0) is 43.7 Å². The summed E-state index contributed by atoms with van der Waals surface area (Å²) >= 11 is 0. The number of rotatable bonds is 2. The van der Waals surface area contributed by atoms with Gasteiger partial charge < -0.3 is 14.7 Å². The highest BCUT2D eigenvalue weighted by atomic mass is 19.1. The Bertz CT molecular complexity index is 993. The zero-order chi connectivity index (χ0) is 21.6. The van der Waals surface area contributed by atoms with Crippen LogP contribution in [-0.4, -0.2) is 65.4 Å². The maximum Gasteiger partial charge on any atom is 0.320 e. The Labute approximate surface area is 176 Å². The number of hydrogen-bond donors (Lipinski definition) is 0. The Morgan fingerprint density at radius 1 is 1.10 bits per heavy atom. The van der Waals surface area contributed by atoms with Crippen LogP contribution in [-0.2, 0) is 0 Å². The first-order chi connectivity index (χ1) is 14.3. The smallest absolute Gasteiger partial charge is 0.320 e. The Hall–Kier alpha value is -2.96. The summed E-state index contributed by atoms with van der Waals surface area (Å²) in [5.74, 6) is -0.124. The van der Waals surface area contributed by atoms with E-state index in [9.17, 15) is 14.0 Å². The minimum atomic E-state index is -0.319. The van der Waals surface area contributed by atoms with E-state index in [1.807, 2.05) is 41.8 Å². The molecule has 0 radical (unpaired) electrons. The maximum absolute atomic E-state index is 14.0. The van der Waals surface area contributed by atoms with Crippen LogP contribution in [0.5, 0.6) is 0 Å². The number of pyridine rings is 1. The molecular formula is C23H27FN4O2. The average Bonchev–Trinajstić information content (AvgIpc) is 3.24. The molecule has 2 saturated heterocycles. The number of urea groups is 1. The van der Waals surface area contributed by atoms with Crippen molar-refractivity contribution in [2.24, 2.45) is 11.8 Å². The van der Waals surface area contributed by atoms with Crippen molar-refractivity contribution in [3.63, 3.8) is 0 Å². The van der Waals surface area contributed by atoms with Gasteiger partial charge in [-0.1, -0.05) is 12.1 Å². The highest BCUT2D eigenvalue weighted by Crippen LogP contribution is 2.45. The first-order valence-corrected chi connectivity index (χ1v) is 10.2. The standard InChI is InChI=1S/C23H27FN4O2/c1-14-8-9-19(15(2)25-14)22(29)27-11-17-12-28(23(30)26(3)4)21(20(17)13-27)16-6-5-7-18(24)10-16/h5-10,17,20-21H,11-13H2,1-4H3/t17-,20-,21+/m1/s1. The Balaban J connectivity index is 1.62. The molecule has 158 valence electrons. The van der Waals surface area contributed by atoms with E-state index in [1.165, 1.54) is 12.1 Å². The Morgan fingerprint density at radius 2 is 1.87 bits per heavy atom. The maximum atomic E-state index is 14.0. The monoisotopic (exact) mass is 410 g/mol. The summed E-state index contributed by atoms with van der Waals surface area (Å²) in [5.41, 5.74) is 3.00. The van der Waals surface area contributed by atoms with Crippen molar-refractivity contribution in [2.75, 3.05) is 33.7 Å². The van der Waals surface area contributed by atoms with Gasteiger partial charge in [0.1, 0.15) is 5.82 Å². The zero-order valence-electron chi connectivity index (χ0n) is 17.8. The van der Waals surface area contributed by atoms with Crippen molar-refractivity contribution in [3.8, 4) is 0 Å². The van der Waals surface area contributed by atoms with Gasteiger partial charge in [0.05, 0.1) is 17.3 Å². The fourth-order valence-electron chi connectivity index (χ4n) is 4.87. The van der Waals surface area contributed by atoms with Crippen LogP contribution in [0.2, 0.25) is 0 Å². The van der Waals surface area contributed by atoms with Gasteiger partial charge in [0.15, 0.2) is 0 Å². The lowest BCUT2D eigenvalue weighted by Gasteiger charge is -2.32. The molecule has 30 heavy (non-hydrogen) atoms. The van der Waals surface area contributed by atoms with Crippen molar-refractivity contribution in [3.05, 3.63) is 64.7 Å². The van der Waals surface area contributed by atoms with E-state index < -0.39 is 0 Å². The largest absolute Gasteiger partial charge is 0.338 e. The fourth-order valence-corrected chi connectivity index (χ4v) is 4.87. The predicted molar refractivity (Wildman–Crippen MR) is 112 cm³/mol. The molecule has 3 atom stereocenters. The van der Waals surface area contributed by atoms with Gasteiger partial charge in [0, 0.05) is 51.3 Å². The van der Waals surface area contributed by atoms with Gasteiger partial charge in [-0.3, -0.25) is 9.78 Å². The molecule has 0 spiro atoms. The molecule has 2 aromatic rings. The second kappa shape index (κ2) is 7.70. The highest BCUT2D eigenvalue weighted by molar-refractivity contribution is 5.95. The highest BCUT2D eigenvalue weighted by Gasteiger charge is 2.50. The van der Waals surface area contributed by atoms with Gasteiger partial charge in [-0.25, -0.2) is 9.18 Å². The number of aryl methyl sites for hydroxylation is 2. The number of hydrogen-bond acceptors (Lipinski definition) is 3. The quantitative estimate of drug-likeness (QED) is 0.764. The number of aromatic nitrogens is 1. The van der Waals surface area contributed by atoms with Crippen LogP contribution >= 0.6 is 0 Å². The van der Waals surface area contributed by atoms with E-state index in [2.05, 4.69) is 4.98 Å². The predicted octanol–water partition coefficient (Wildman–Crippen LogP) is 3.26. The summed E-state index contributed by atoms with van der Waals surface area (Å²) in [5, 5.41) is 0. The van der Waals surface area contributed by atoms with Gasteiger partial charge in [0.2, 0.25) is 0 Å². The molecule has 2 aliphatic heterocycles. The van der Waals surface area contributed by atoms with Crippen LogP contribution in [0, 0.1) is 31.5 Å². The number of benzene rings is 1. The lowest BCUT2D eigenvalue weighted by atomic mass is 9.89. The van der Waals surface area contributed by atoms with Crippen LogP contribution < -0.4 is 0 Å². The lowest BCUT2D eigenvalue weighted by molar-refractivity contribution is 0.0765. The Kier molecular flexibility index (Phi) is 5.22. The molecule has 0 saturated carbocycles. The number of carbonyl (C=O) groups is 2. The number of nitrogens with zero attached hydrogens (tertiary/aromatic N) is 4. The molecule has 3 heterocycles. The van der Waals surface area contributed by atoms with Gasteiger partial charge >= 0.3 is 6.03 Å². The minimum absolute atomic E-state index is 0.0297. The lowest BCUT2D eigenvalue weighted by Crippen LogP contribution is -2.42. The third kappa shape index (κ3) is 3.53. The molecule has 1 aromatic heterocycles. The molecule has 2 aliphatic rings. The SMILES string of the molecule is Cc1ccc(C(=O)N2C[C@@H]3CN(C(=O)N(C)C)[C@@H](c4cccc(F)c4)[C@@H]3C2)c(C)n1. The normalized spacial score (nSPS) is 22.9. The fraction of sp³-hybridized carbons (Fsp3) is 0.435. The van der Waals surface area contributed by atoms with Crippen LogP contribution in [0.25, 0.3) is 0 Å². The third-order valence-corrected chi connectivity index (χ3v) is 6.23. The summed E-state index contributed by atoms with van der Waals surface area (Å²) in [7, 11) is 3.45. The molecule has 0 aliphatic carbocycles. The number of likely N-dealkylation sites (tertiary alicyclic amines) is 2. The molecule has 0 unspecified atom stereocenters. The number of fused-ring (bicyclic) bond motifs is 1. The van der Waals surface area contributed by atoms with E-state index >= 15 is 0 Å². The second-order valence-electron chi connectivity index (χ2n) is 8.55. The molecule has 6 nitrogen and oxygen atoms in total. The third-order valence-electron chi connectivity index (χ3n) is 6.23.